The molecule has 16 heavy (non-hydrogen) atoms. The summed E-state index contributed by atoms with van der Waals surface area (Å²) in [5, 5.41) is 8.01. The fourth-order valence-corrected chi connectivity index (χ4v) is 1.53. The number of halogens is 1. The van der Waals surface area contributed by atoms with Gasteiger partial charge in [0.25, 0.3) is 0 Å². The number of hydrogen-bond acceptors (Lipinski definition) is 2. The van der Waals surface area contributed by atoms with E-state index >= 15 is 0 Å². The average molecular weight is 241 g/mol. The van der Waals surface area contributed by atoms with Crippen molar-refractivity contribution >= 4 is 17.4 Å². The molecule has 88 valence electrons. The Bertz CT molecular complexity index is 366. The topological polar surface area (TPSA) is 59.1 Å². The van der Waals surface area contributed by atoms with Crippen LogP contribution in [-0.2, 0) is 0 Å². The Kier molecular flexibility index (Phi) is 5.12. The van der Waals surface area contributed by atoms with Crippen molar-refractivity contribution in [2.75, 3.05) is 6.61 Å². The van der Waals surface area contributed by atoms with Crippen molar-refractivity contribution in [3.63, 3.8) is 0 Å². The smallest absolute Gasteiger partial charge is 0.131 e. The van der Waals surface area contributed by atoms with Gasteiger partial charge in [-0.1, -0.05) is 31.4 Å². The third-order valence-electron chi connectivity index (χ3n) is 2.24. The Labute approximate surface area is 101 Å². The highest BCUT2D eigenvalue weighted by Crippen LogP contribution is 2.23. The van der Waals surface area contributed by atoms with Crippen LogP contribution < -0.4 is 10.5 Å². The molecule has 0 unspecified atom stereocenters. The van der Waals surface area contributed by atoms with Crippen LogP contribution in [0.5, 0.6) is 5.75 Å². The molecule has 0 amide bonds. The molecule has 0 saturated heterocycles. The molecule has 0 bridgehead atoms. The van der Waals surface area contributed by atoms with Crippen molar-refractivity contribution in [1.29, 1.82) is 5.41 Å². The van der Waals surface area contributed by atoms with E-state index in [2.05, 4.69) is 6.92 Å². The first-order chi connectivity index (χ1) is 7.65. The first kappa shape index (κ1) is 12.8. The summed E-state index contributed by atoms with van der Waals surface area (Å²) in [6.07, 6.45) is 3.29. The maximum absolute atomic E-state index is 7.42. The van der Waals surface area contributed by atoms with Gasteiger partial charge in [0.2, 0.25) is 0 Å². The van der Waals surface area contributed by atoms with E-state index in [4.69, 9.17) is 27.5 Å². The van der Waals surface area contributed by atoms with Gasteiger partial charge in [-0.25, -0.2) is 0 Å². The second-order valence-electron chi connectivity index (χ2n) is 3.61. The lowest BCUT2D eigenvalue weighted by atomic mass is 10.2. The standard InChI is InChI=1S/C12H17ClN2O/c1-2-3-4-7-16-11-8-9(13)5-6-10(11)12(14)15/h5-6,8H,2-4,7H2,1H3,(H3,14,15). The maximum atomic E-state index is 7.42. The van der Waals surface area contributed by atoms with E-state index in [1.807, 2.05) is 0 Å². The van der Waals surface area contributed by atoms with E-state index in [1.54, 1.807) is 18.2 Å². The summed E-state index contributed by atoms with van der Waals surface area (Å²) in [4.78, 5) is 0. The summed E-state index contributed by atoms with van der Waals surface area (Å²) in [6, 6.07) is 5.11. The number of unbranched alkanes of at least 4 members (excludes halogenated alkanes) is 2. The third kappa shape index (κ3) is 3.74. The lowest BCUT2D eigenvalue weighted by Gasteiger charge is -2.10. The Hall–Kier alpha value is -1.22. The normalized spacial score (nSPS) is 10.1. The van der Waals surface area contributed by atoms with Gasteiger partial charge in [-0.05, 0) is 24.6 Å². The van der Waals surface area contributed by atoms with Crippen molar-refractivity contribution in [3.8, 4) is 5.75 Å². The van der Waals surface area contributed by atoms with Gasteiger partial charge >= 0.3 is 0 Å². The third-order valence-corrected chi connectivity index (χ3v) is 2.47. The zero-order chi connectivity index (χ0) is 12.0. The number of nitrogen functional groups attached to an aromatic ring is 1. The van der Waals surface area contributed by atoms with Gasteiger partial charge in [0.1, 0.15) is 11.6 Å². The van der Waals surface area contributed by atoms with Crippen LogP contribution in [-0.4, -0.2) is 12.4 Å². The minimum absolute atomic E-state index is 0.00200. The fourth-order valence-electron chi connectivity index (χ4n) is 1.37. The Morgan fingerprint density at radius 1 is 1.44 bits per heavy atom. The minimum atomic E-state index is 0.00200. The molecule has 3 nitrogen and oxygen atoms in total. The lowest BCUT2D eigenvalue weighted by Crippen LogP contribution is -2.13. The lowest BCUT2D eigenvalue weighted by molar-refractivity contribution is 0.305. The maximum Gasteiger partial charge on any atom is 0.131 e. The van der Waals surface area contributed by atoms with E-state index in [9.17, 15) is 0 Å². The van der Waals surface area contributed by atoms with E-state index in [0.29, 0.717) is 22.9 Å². The molecular weight excluding hydrogens is 224 g/mol. The van der Waals surface area contributed by atoms with Gasteiger partial charge in [-0.3, -0.25) is 5.41 Å². The molecule has 1 aromatic carbocycles. The highest BCUT2D eigenvalue weighted by atomic mass is 35.5. The summed E-state index contributed by atoms with van der Waals surface area (Å²) >= 11 is 5.87. The average Bonchev–Trinajstić information content (AvgIpc) is 2.24. The van der Waals surface area contributed by atoms with Crippen LogP contribution in [0.1, 0.15) is 31.7 Å². The minimum Gasteiger partial charge on any atom is -0.493 e. The van der Waals surface area contributed by atoms with Crippen molar-refractivity contribution in [3.05, 3.63) is 28.8 Å². The highest BCUT2D eigenvalue weighted by molar-refractivity contribution is 6.30. The molecule has 0 radical (unpaired) electrons. The van der Waals surface area contributed by atoms with Crippen molar-refractivity contribution < 1.29 is 4.74 Å². The highest BCUT2D eigenvalue weighted by Gasteiger charge is 2.07. The monoisotopic (exact) mass is 240 g/mol. The number of amidine groups is 1. The molecule has 0 spiro atoms. The number of nitrogens with two attached hydrogens (primary N) is 1. The Morgan fingerprint density at radius 3 is 2.81 bits per heavy atom. The molecule has 1 aromatic rings. The van der Waals surface area contributed by atoms with E-state index in [1.165, 1.54) is 0 Å². The number of nitrogens with one attached hydrogen (secondary N) is 1. The molecule has 0 heterocycles. The Morgan fingerprint density at radius 2 is 2.19 bits per heavy atom. The van der Waals surface area contributed by atoms with E-state index < -0.39 is 0 Å². The number of hydrogen-bond donors (Lipinski definition) is 2. The summed E-state index contributed by atoms with van der Waals surface area (Å²) in [7, 11) is 0. The molecule has 0 aliphatic heterocycles. The van der Waals surface area contributed by atoms with Crippen LogP contribution in [0.2, 0.25) is 5.02 Å². The fraction of sp³-hybridized carbons (Fsp3) is 0.417. The van der Waals surface area contributed by atoms with Gasteiger partial charge in [-0.2, -0.15) is 0 Å². The van der Waals surface area contributed by atoms with Crippen LogP contribution in [0.15, 0.2) is 18.2 Å². The van der Waals surface area contributed by atoms with Crippen LogP contribution in [0.4, 0.5) is 0 Å². The molecular formula is C12H17ClN2O. The molecule has 0 fully saturated rings. The predicted molar refractivity (Wildman–Crippen MR) is 67.5 cm³/mol. The molecule has 3 N–H and O–H groups in total. The van der Waals surface area contributed by atoms with Gasteiger partial charge in [0, 0.05) is 5.02 Å². The van der Waals surface area contributed by atoms with Gasteiger partial charge in [0.05, 0.1) is 12.2 Å². The molecule has 0 aromatic heterocycles. The first-order valence-electron chi connectivity index (χ1n) is 5.42. The van der Waals surface area contributed by atoms with Crippen LogP contribution in [0.3, 0.4) is 0 Å². The van der Waals surface area contributed by atoms with E-state index in [0.717, 1.165) is 19.3 Å². The Balaban J connectivity index is 2.68. The van der Waals surface area contributed by atoms with Crippen molar-refractivity contribution in [1.82, 2.24) is 0 Å². The van der Waals surface area contributed by atoms with E-state index in [-0.39, 0.29) is 5.84 Å². The quantitative estimate of drug-likeness (QED) is 0.456. The van der Waals surface area contributed by atoms with Crippen LogP contribution >= 0.6 is 11.6 Å². The van der Waals surface area contributed by atoms with Gasteiger partial charge < -0.3 is 10.5 Å². The largest absolute Gasteiger partial charge is 0.493 e. The summed E-state index contributed by atoms with van der Waals surface area (Å²) in [5.74, 6) is 0.596. The molecule has 4 heteroatoms. The number of rotatable bonds is 6. The van der Waals surface area contributed by atoms with Gasteiger partial charge in [-0.15, -0.1) is 0 Å². The van der Waals surface area contributed by atoms with Crippen molar-refractivity contribution in [2.24, 2.45) is 5.73 Å². The van der Waals surface area contributed by atoms with Gasteiger partial charge in [0.15, 0.2) is 0 Å². The second-order valence-corrected chi connectivity index (χ2v) is 4.05. The molecule has 0 atom stereocenters. The van der Waals surface area contributed by atoms with Crippen LogP contribution in [0, 0.1) is 5.41 Å². The van der Waals surface area contributed by atoms with Crippen molar-refractivity contribution in [2.45, 2.75) is 26.2 Å². The number of ether oxygens (including phenoxy) is 1. The predicted octanol–water partition coefficient (Wildman–Crippen LogP) is 3.19. The number of benzene rings is 1. The second kappa shape index (κ2) is 6.38. The summed E-state index contributed by atoms with van der Waals surface area (Å²) < 4.78 is 5.58. The zero-order valence-corrected chi connectivity index (χ0v) is 10.2. The molecule has 1 rings (SSSR count). The van der Waals surface area contributed by atoms with Crippen LogP contribution in [0.25, 0.3) is 0 Å². The molecule has 0 aliphatic rings. The molecule has 0 aliphatic carbocycles. The summed E-state index contributed by atoms with van der Waals surface area (Å²) in [6.45, 7) is 2.77. The SMILES string of the molecule is CCCCCOc1cc(Cl)ccc1C(=N)N. The summed E-state index contributed by atoms with van der Waals surface area (Å²) in [5.41, 5.74) is 6.05. The molecule has 0 saturated carbocycles. The zero-order valence-electron chi connectivity index (χ0n) is 9.42. The first-order valence-corrected chi connectivity index (χ1v) is 5.79.